The largest absolute Gasteiger partial charge is 0.481 e. The molecule has 4 heteroatoms. The zero-order valence-corrected chi connectivity index (χ0v) is 11.9. The number of aliphatic carboxylic acids is 1. The van der Waals surface area contributed by atoms with E-state index in [9.17, 15) is 9.59 Å². The molecule has 0 radical (unpaired) electrons. The third-order valence-electron chi connectivity index (χ3n) is 4.01. The molecule has 0 aromatic heterocycles. The van der Waals surface area contributed by atoms with E-state index in [0.717, 1.165) is 17.7 Å². The van der Waals surface area contributed by atoms with Gasteiger partial charge in [-0.15, -0.1) is 0 Å². The normalized spacial score (nSPS) is 21.9. The van der Waals surface area contributed by atoms with Gasteiger partial charge in [0, 0.05) is 5.69 Å². The summed E-state index contributed by atoms with van der Waals surface area (Å²) < 4.78 is 0. The van der Waals surface area contributed by atoms with E-state index in [-0.39, 0.29) is 5.91 Å². The van der Waals surface area contributed by atoms with Crippen LogP contribution in [0.2, 0.25) is 0 Å². The molecule has 2 rings (SSSR count). The van der Waals surface area contributed by atoms with Crippen molar-refractivity contribution in [2.24, 2.45) is 11.8 Å². The Morgan fingerprint density at radius 3 is 2.50 bits per heavy atom. The lowest BCUT2D eigenvalue weighted by Gasteiger charge is -2.18. The van der Waals surface area contributed by atoms with Crippen molar-refractivity contribution in [1.29, 1.82) is 0 Å². The number of carboxylic acid groups (broad SMARTS) is 1. The van der Waals surface area contributed by atoms with E-state index in [1.807, 2.05) is 24.3 Å². The van der Waals surface area contributed by atoms with Crippen molar-refractivity contribution in [2.45, 2.75) is 39.0 Å². The average molecular weight is 275 g/mol. The summed E-state index contributed by atoms with van der Waals surface area (Å²) in [6.07, 6.45) is 2.06. The van der Waals surface area contributed by atoms with Gasteiger partial charge in [0.25, 0.3) is 0 Å². The summed E-state index contributed by atoms with van der Waals surface area (Å²) in [6.45, 7) is 4.14. The van der Waals surface area contributed by atoms with Crippen molar-refractivity contribution in [1.82, 2.24) is 0 Å². The average Bonchev–Trinajstić information content (AvgIpc) is 2.88. The molecule has 0 bridgehead atoms. The van der Waals surface area contributed by atoms with Gasteiger partial charge in [0.15, 0.2) is 0 Å². The first-order valence-electron chi connectivity index (χ1n) is 7.13. The lowest BCUT2D eigenvalue weighted by atomic mass is 9.94. The minimum absolute atomic E-state index is 0.164. The standard InChI is InChI=1S/C16H21NO3/c1-10(2)11-6-3-4-9-14(11)17-15(18)12-7-5-8-13(12)16(19)20/h3-4,6,9-10,12-13H,5,7-8H2,1-2H3,(H,17,18)(H,19,20). The predicted octanol–water partition coefficient (Wildman–Crippen LogP) is 3.25. The number of amides is 1. The van der Waals surface area contributed by atoms with Crippen molar-refractivity contribution in [3.05, 3.63) is 29.8 Å². The van der Waals surface area contributed by atoms with Crippen LogP contribution in [0.15, 0.2) is 24.3 Å². The molecule has 1 aliphatic carbocycles. The number of carbonyl (C=O) groups is 2. The summed E-state index contributed by atoms with van der Waals surface area (Å²) in [6, 6.07) is 7.69. The van der Waals surface area contributed by atoms with Crippen LogP contribution < -0.4 is 5.32 Å². The number of rotatable bonds is 4. The molecule has 0 aliphatic heterocycles. The van der Waals surface area contributed by atoms with Gasteiger partial charge in [-0.05, 0) is 30.4 Å². The fourth-order valence-electron chi connectivity index (χ4n) is 2.91. The minimum atomic E-state index is -0.861. The van der Waals surface area contributed by atoms with Gasteiger partial charge < -0.3 is 10.4 Å². The Morgan fingerprint density at radius 1 is 1.20 bits per heavy atom. The fraction of sp³-hybridized carbons (Fsp3) is 0.500. The topological polar surface area (TPSA) is 66.4 Å². The second-order valence-corrected chi connectivity index (χ2v) is 5.71. The molecule has 2 unspecified atom stereocenters. The van der Waals surface area contributed by atoms with E-state index in [0.29, 0.717) is 18.8 Å². The van der Waals surface area contributed by atoms with Crippen LogP contribution >= 0.6 is 0 Å². The summed E-state index contributed by atoms with van der Waals surface area (Å²) in [5, 5.41) is 12.1. The fourth-order valence-corrected chi connectivity index (χ4v) is 2.91. The maximum Gasteiger partial charge on any atom is 0.307 e. The molecule has 2 atom stereocenters. The van der Waals surface area contributed by atoms with Gasteiger partial charge in [-0.3, -0.25) is 9.59 Å². The van der Waals surface area contributed by atoms with E-state index in [1.165, 1.54) is 0 Å². The molecule has 4 nitrogen and oxygen atoms in total. The molecular formula is C16H21NO3. The number of carboxylic acids is 1. The van der Waals surface area contributed by atoms with E-state index in [4.69, 9.17) is 5.11 Å². The van der Waals surface area contributed by atoms with Crippen molar-refractivity contribution in [3.63, 3.8) is 0 Å². The van der Waals surface area contributed by atoms with E-state index in [1.54, 1.807) is 0 Å². The summed E-state index contributed by atoms with van der Waals surface area (Å²) in [7, 11) is 0. The number of anilines is 1. The molecule has 0 heterocycles. The highest BCUT2D eigenvalue weighted by Gasteiger charge is 2.37. The zero-order chi connectivity index (χ0) is 14.7. The van der Waals surface area contributed by atoms with E-state index < -0.39 is 17.8 Å². The first-order valence-corrected chi connectivity index (χ1v) is 7.13. The smallest absolute Gasteiger partial charge is 0.307 e. The molecule has 1 aliphatic rings. The third kappa shape index (κ3) is 3.00. The Kier molecular flexibility index (Phi) is 4.42. The van der Waals surface area contributed by atoms with Crippen LogP contribution in [0, 0.1) is 11.8 Å². The number of hydrogen-bond acceptors (Lipinski definition) is 2. The highest BCUT2D eigenvalue weighted by atomic mass is 16.4. The zero-order valence-electron chi connectivity index (χ0n) is 11.9. The maximum absolute atomic E-state index is 12.3. The molecule has 1 fully saturated rings. The molecule has 2 N–H and O–H groups in total. The Bertz CT molecular complexity index is 510. The Hall–Kier alpha value is -1.84. The quantitative estimate of drug-likeness (QED) is 0.886. The first kappa shape index (κ1) is 14.6. The Labute approximate surface area is 119 Å². The summed E-state index contributed by atoms with van der Waals surface area (Å²) in [5.41, 5.74) is 1.87. The summed E-state index contributed by atoms with van der Waals surface area (Å²) >= 11 is 0. The van der Waals surface area contributed by atoms with Gasteiger partial charge in [0.2, 0.25) is 5.91 Å². The van der Waals surface area contributed by atoms with Gasteiger partial charge in [-0.1, -0.05) is 38.5 Å². The van der Waals surface area contributed by atoms with Gasteiger partial charge in [0.1, 0.15) is 0 Å². The lowest BCUT2D eigenvalue weighted by Crippen LogP contribution is -2.30. The van der Waals surface area contributed by atoms with E-state index in [2.05, 4.69) is 19.2 Å². The van der Waals surface area contributed by atoms with Gasteiger partial charge in [0.05, 0.1) is 11.8 Å². The van der Waals surface area contributed by atoms with Crippen LogP contribution in [0.4, 0.5) is 5.69 Å². The maximum atomic E-state index is 12.3. The molecular weight excluding hydrogens is 254 g/mol. The molecule has 1 amide bonds. The van der Waals surface area contributed by atoms with Crippen molar-refractivity contribution in [2.75, 3.05) is 5.32 Å². The van der Waals surface area contributed by atoms with Crippen LogP contribution in [0.5, 0.6) is 0 Å². The number of hydrogen-bond donors (Lipinski definition) is 2. The second-order valence-electron chi connectivity index (χ2n) is 5.71. The van der Waals surface area contributed by atoms with Crippen LogP contribution in [0.1, 0.15) is 44.6 Å². The highest BCUT2D eigenvalue weighted by Crippen LogP contribution is 2.33. The molecule has 1 aromatic rings. The van der Waals surface area contributed by atoms with Crippen LogP contribution in [-0.4, -0.2) is 17.0 Å². The number of carbonyl (C=O) groups excluding carboxylic acids is 1. The highest BCUT2D eigenvalue weighted by molar-refractivity contribution is 5.96. The van der Waals surface area contributed by atoms with Gasteiger partial charge >= 0.3 is 5.97 Å². The van der Waals surface area contributed by atoms with Crippen molar-refractivity contribution in [3.8, 4) is 0 Å². The van der Waals surface area contributed by atoms with Gasteiger partial charge in [-0.2, -0.15) is 0 Å². The SMILES string of the molecule is CC(C)c1ccccc1NC(=O)C1CCCC1C(=O)O. The molecule has 1 saturated carbocycles. The minimum Gasteiger partial charge on any atom is -0.481 e. The molecule has 108 valence electrons. The Balaban J connectivity index is 2.14. The van der Waals surface area contributed by atoms with Crippen molar-refractivity contribution < 1.29 is 14.7 Å². The van der Waals surface area contributed by atoms with E-state index >= 15 is 0 Å². The third-order valence-corrected chi connectivity index (χ3v) is 4.01. The predicted molar refractivity (Wildman–Crippen MR) is 77.6 cm³/mol. The second kappa shape index (κ2) is 6.07. The van der Waals surface area contributed by atoms with Crippen LogP contribution in [0.25, 0.3) is 0 Å². The monoisotopic (exact) mass is 275 g/mol. The summed E-state index contributed by atoms with van der Waals surface area (Å²) in [5.74, 6) is -1.66. The Morgan fingerprint density at radius 2 is 1.85 bits per heavy atom. The van der Waals surface area contributed by atoms with Crippen LogP contribution in [-0.2, 0) is 9.59 Å². The lowest BCUT2D eigenvalue weighted by molar-refractivity contribution is -0.145. The summed E-state index contributed by atoms with van der Waals surface area (Å²) in [4.78, 5) is 23.5. The molecule has 0 saturated heterocycles. The number of para-hydroxylation sites is 1. The number of nitrogens with one attached hydrogen (secondary N) is 1. The van der Waals surface area contributed by atoms with Crippen LogP contribution in [0.3, 0.4) is 0 Å². The van der Waals surface area contributed by atoms with Gasteiger partial charge in [-0.25, -0.2) is 0 Å². The molecule has 20 heavy (non-hydrogen) atoms. The molecule has 1 aromatic carbocycles. The number of benzene rings is 1. The first-order chi connectivity index (χ1) is 9.50. The van der Waals surface area contributed by atoms with Crippen molar-refractivity contribution >= 4 is 17.6 Å². The molecule has 0 spiro atoms.